The number of carbonyl (C=O) groups is 3. The Hall–Kier alpha value is -2.04. The molecule has 4 nitrogen and oxygen atoms in total. The van der Waals surface area contributed by atoms with Gasteiger partial charge in [-0.2, -0.15) is 0 Å². The van der Waals surface area contributed by atoms with E-state index in [0.717, 1.165) is 0 Å². The number of aryl methyl sites for hydroxylation is 2. The number of esters is 1. The Morgan fingerprint density at radius 1 is 1.12 bits per heavy atom. The first-order valence-corrected chi connectivity index (χ1v) is 9.15. The molecule has 0 radical (unpaired) electrons. The van der Waals surface area contributed by atoms with Crippen LogP contribution in [0.25, 0.3) is 0 Å². The molecule has 0 aliphatic carbocycles. The Morgan fingerprint density at radius 2 is 1.85 bits per heavy atom. The number of ketones is 2. The molecule has 1 rings (SSSR count). The lowest BCUT2D eigenvalue weighted by Gasteiger charge is -2.15. The average molecular weight is 364 g/mol. The highest BCUT2D eigenvalue weighted by Crippen LogP contribution is 2.22. The maximum Gasteiger partial charge on any atom is 0.305 e. The SMILES string of the molecule is COC(=O)CCC[C@@H](CCC(C)=O)CC(=O)CCc1cccc(C)c1F. The summed E-state index contributed by atoms with van der Waals surface area (Å²) in [7, 11) is 1.35. The Balaban J connectivity index is 2.52. The Kier molecular flexibility index (Phi) is 9.78. The zero-order chi connectivity index (χ0) is 19.5. The van der Waals surface area contributed by atoms with Crippen LogP contribution in [0.15, 0.2) is 18.2 Å². The van der Waals surface area contributed by atoms with E-state index in [1.54, 1.807) is 25.1 Å². The molecule has 0 N–H and O–H groups in total. The van der Waals surface area contributed by atoms with E-state index in [9.17, 15) is 18.8 Å². The Bertz CT molecular complexity index is 624. The molecule has 0 aromatic heterocycles. The summed E-state index contributed by atoms with van der Waals surface area (Å²) in [6, 6.07) is 5.21. The van der Waals surface area contributed by atoms with Crippen LogP contribution in [0, 0.1) is 18.7 Å². The van der Waals surface area contributed by atoms with E-state index in [0.29, 0.717) is 56.1 Å². The van der Waals surface area contributed by atoms with Crippen LogP contribution in [0.3, 0.4) is 0 Å². The van der Waals surface area contributed by atoms with E-state index in [2.05, 4.69) is 4.74 Å². The predicted molar refractivity (Wildman–Crippen MR) is 98.4 cm³/mol. The number of ether oxygens (including phenoxy) is 1. The van der Waals surface area contributed by atoms with Gasteiger partial charge in [-0.1, -0.05) is 18.2 Å². The van der Waals surface area contributed by atoms with Gasteiger partial charge in [-0.15, -0.1) is 0 Å². The Morgan fingerprint density at radius 3 is 2.50 bits per heavy atom. The van der Waals surface area contributed by atoms with Gasteiger partial charge in [-0.05, 0) is 56.6 Å². The molecule has 0 amide bonds. The van der Waals surface area contributed by atoms with Crippen LogP contribution in [0.1, 0.15) is 63.0 Å². The monoisotopic (exact) mass is 364 g/mol. The van der Waals surface area contributed by atoms with Crippen molar-refractivity contribution >= 4 is 17.5 Å². The molecule has 0 saturated carbocycles. The van der Waals surface area contributed by atoms with Crippen molar-refractivity contribution in [2.75, 3.05) is 7.11 Å². The van der Waals surface area contributed by atoms with Crippen molar-refractivity contribution in [3.63, 3.8) is 0 Å². The third-order valence-corrected chi connectivity index (χ3v) is 4.59. The second kappa shape index (κ2) is 11.6. The van der Waals surface area contributed by atoms with Crippen LogP contribution >= 0.6 is 0 Å². The van der Waals surface area contributed by atoms with Gasteiger partial charge in [0.15, 0.2) is 0 Å². The quantitative estimate of drug-likeness (QED) is 0.517. The number of carbonyl (C=O) groups excluding carboxylic acids is 3. The number of Topliss-reactive ketones (excluding diaryl/α,β-unsaturated/α-hetero) is 2. The minimum atomic E-state index is -0.267. The summed E-state index contributed by atoms with van der Waals surface area (Å²) in [4.78, 5) is 34.8. The molecule has 0 spiro atoms. The molecule has 0 fully saturated rings. The number of benzene rings is 1. The molecule has 1 aromatic carbocycles. The number of methoxy groups -OCH3 is 1. The van der Waals surface area contributed by atoms with E-state index >= 15 is 0 Å². The number of halogens is 1. The van der Waals surface area contributed by atoms with Gasteiger partial charge in [0.1, 0.15) is 17.4 Å². The van der Waals surface area contributed by atoms with Crippen molar-refractivity contribution in [1.82, 2.24) is 0 Å². The van der Waals surface area contributed by atoms with Gasteiger partial charge < -0.3 is 9.53 Å². The molecule has 5 heteroatoms. The first-order valence-electron chi connectivity index (χ1n) is 9.15. The Labute approximate surface area is 155 Å². The normalized spacial score (nSPS) is 11.8. The summed E-state index contributed by atoms with van der Waals surface area (Å²) in [5.74, 6) is -0.281. The van der Waals surface area contributed by atoms with Crippen molar-refractivity contribution in [1.29, 1.82) is 0 Å². The summed E-state index contributed by atoms with van der Waals surface area (Å²) in [6.07, 6.45) is 3.76. The van der Waals surface area contributed by atoms with Crippen molar-refractivity contribution in [3.8, 4) is 0 Å². The largest absolute Gasteiger partial charge is 0.469 e. The zero-order valence-corrected chi connectivity index (χ0v) is 16.0. The molecule has 26 heavy (non-hydrogen) atoms. The maximum absolute atomic E-state index is 14.0. The zero-order valence-electron chi connectivity index (χ0n) is 16.0. The van der Waals surface area contributed by atoms with Crippen LogP contribution in [0.4, 0.5) is 4.39 Å². The third kappa shape index (κ3) is 8.37. The van der Waals surface area contributed by atoms with E-state index in [4.69, 9.17) is 0 Å². The van der Waals surface area contributed by atoms with Gasteiger partial charge in [0.25, 0.3) is 0 Å². The van der Waals surface area contributed by atoms with Gasteiger partial charge in [0.05, 0.1) is 7.11 Å². The third-order valence-electron chi connectivity index (χ3n) is 4.59. The van der Waals surface area contributed by atoms with Crippen LogP contribution < -0.4 is 0 Å². The summed E-state index contributed by atoms with van der Waals surface area (Å²) in [5, 5.41) is 0. The fourth-order valence-electron chi connectivity index (χ4n) is 2.99. The first kappa shape index (κ1) is 22.0. The second-order valence-corrected chi connectivity index (χ2v) is 6.87. The lowest BCUT2D eigenvalue weighted by Crippen LogP contribution is -2.12. The van der Waals surface area contributed by atoms with Crippen molar-refractivity contribution < 1.29 is 23.5 Å². The highest BCUT2D eigenvalue weighted by atomic mass is 19.1. The summed E-state index contributed by atoms with van der Waals surface area (Å²) in [6.45, 7) is 3.24. The van der Waals surface area contributed by atoms with E-state index in [1.807, 2.05) is 0 Å². The molecule has 1 atom stereocenters. The van der Waals surface area contributed by atoms with Gasteiger partial charge in [-0.3, -0.25) is 9.59 Å². The standard InChI is InChI=1S/C21H29FO4/c1-15-6-4-8-18(21(15)22)12-13-19(24)14-17(11-10-16(2)23)7-5-9-20(25)26-3/h4,6,8,17H,5,7,9-14H2,1-3H3/t17-/m0/s1. The molecule has 0 saturated heterocycles. The molecular formula is C21H29FO4. The minimum Gasteiger partial charge on any atom is -0.469 e. The smallest absolute Gasteiger partial charge is 0.305 e. The fraction of sp³-hybridized carbons (Fsp3) is 0.571. The highest BCUT2D eigenvalue weighted by Gasteiger charge is 2.16. The molecule has 0 unspecified atom stereocenters. The van der Waals surface area contributed by atoms with Gasteiger partial charge in [0, 0.05) is 25.7 Å². The molecule has 144 valence electrons. The van der Waals surface area contributed by atoms with Crippen LogP contribution in [-0.2, 0) is 25.5 Å². The minimum absolute atomic E-state index is 0.0672. The lowest BCUT2D eigenvalue weighted by atomic mass is 9.89. The van der Waals surface area contributed by atoms with E-state index in [-0.39, 0.29) is 35.7 Å². The summed E-state index contributed by atoms with van der Waals surface area (Å²) in [5.41, 5.74) is 1.14. The number of hydrogen-bond donors (Lipinski definition) is 0. The van der Waals surface area contributed by atoms with Crippen LogP contribution in [-0.4, -0.2) is 24.6 Å². The van der Waals surface area contributed by atoms with E-state index < -0.39 is 0 Å². The van der Waals surface area contributed by atoms with Crippen molar-refractivity contribution in [3.05, 3.63) is 35.1 Å². The second-order valence-electron chi connectivity index (χ2n) is 6.87. The molecular weight excluding hydrogens is 335 g/mol. The highest BCUT2D eigenvalue weighted by molar-refractivity contribution is 5.79. The maximum atomic E-state index is 14.0. The molecule has 0 bridgehead atoms. The first-order chi connectivity index (χ1) is 12.3. The lowest BCUT2D eigenvalue weighted by molar-refractivity contribution is -0.140. The van der Waals surface area contributed by atoms with Gasteiger partial charge >= 0.3 is 5.97 Å². The predicted octanol–water partition coefficient (Wildman–Crippen LogP) is 4.35. The number of rotatable bonds is 12. The molecule has 0 aliphatic heterocycles. The van der Waals surface area contributed by atoms with Crippen molar-refractivity contribution in [2.24, 2.45) is 5.92 Å². The van der Waals surface area contributed by atoms with Crippen LogP contribution in [0.2, 0.25) is 0 Å². The number of hydrogen-bond acceptors (Lipinski definition) is 4. The fourth-order valence-corrected chi connectivity index (χ4v) is 2.99. The van der Waals surface area contributed by atoms with Crippen LogP contribution in [0.5, 0.6) is 0 Å². The van der Waals surface area contributed by atoms with Crippen molar-refractivity contribution in [2.45, 2.75) is 65.2 Å². The summed E-state index contributed by atoms with van der Waals surface area (Å²) < 4.78 is 18.6. The summed E-state index contributed by atoms with van der Waals surface area (Å²) >= 11 is 0. The molecule has 0 aliphatic rings. The topological polar surface area (TPSA) is 60.4 Å². The molecule has 0 heterocycles. The van der Waals surface area contributed by atoms with Gasteiger partial charge in [0.2, 0.25) is 0 Å². The average Bonchev–Trinajstić information content (AvgIpc) is 2.60. The van der Waals surface area contributed by atoms with Gasteiger partial charge in [-0.25, -0.2) is 4.39 Å². The van der Waals surface area contributed by atoms with E-state index in [1.165, 1.54) is 14.0 Å². The molecule has 1 aromatic rings.